The summed E-state index contributed by atoms with van der Waals surface area (Å²) in [5.74, 6) is 0.544. The van der Waals surface area contributed by atoms with Crippen LogP contribution in [0.25, 0.3) is 0 Å². The lowest BCUT2D eigenvalue weighted by Gasteiger charge is -2.48. The quantitative estimate of drug-likeness (QED) is 0.0911. The highest BCUT2D eigenvalue weighted by atomic mass is 28.4. The highest BCUT2D eigenvalue weighted by Crippen LogP contribution is 2.46. The van der Waals surface area contributed by atoms with Crippen LogP contribution in [0.3, 0.4) is 0 Å². The second-order valence-corrected chi connectivity index (χ2v) is 16.6. The van der Waals surface area contributed by atoms with E-state index in [1.165, 1.54) is 0 Å². The zero-order chi connectivity index (χ0) is 33.3. The summed E-state index contributed by atoms with van der Waals surface area (Å²) in [6.45, 7) is 9.11. The van der Waals surface area contributed by atoms with Gasteiger partial charge in [-0.1, -0.05) is 45.0 Å². The molecular formula is C35H48N2O8Si. The number of esters is 1. The zero-order valence-electron chi connectivity index (χ0n) is 27.9. The molecule has 2 aromatic carbocycles. The van der Waals surface area contributed by atoms with Crippen LogP contribution >= 0.6 is 0 Å². The number of amides is 2. The third-order valence-corrected chi connectivity index (χ3v) is 14.1. The molecule has 0 aromatic heterocycles. The topological polar surface area (TPSA) is 113 Å². The monoisotopic (exact) mass is 652 g/mol. The van der Waals surface area contributed by atoms with E-state index >= 15 is 0 Å². The first-order chi connectivity index (χ1) is 22.2. The number of carbonyl (C=O) groups excluding carboxylic acids is 3. The van der Waals surface area contributed by atoms with Gasteiger partial charge in [-0.2, -0.15) is 0 Å². The molecule has 2 heterocycles. The first-order valence-electron chi connectivity index (χ1n) is 16.3. The summed E-state index contributed by atoms with van der Waals surface area (Å²) in [5.41, 5.74) is 2.87. The highest BCUT2D eigenvalue weighted by Gasteiger charge is 2.57. The SMILES string of the molecule is CC[Si](CC)(CC)O[C@H](C)[C@H]1C(=O)N2C(C(=O)OCc3ccc(OC)cc3)=C(CCCNC(=O)OCc3ccc(OC)cc3)C[C@H]12. The van der Waals surface area contributed by atoms with Crippen LogP contribution < -0.4 is 14.8 Å². The number of fused-ring (bicyclic) bond motifs is 1. The largest absolute Gasteiger partial charge is 0.497 e. The number of β-lactam (4-membered cyclic amide) rings is 1. The molecule has 2 aromatic rings. The van der Waals surface area contributed by atoms with E-state index in [2.05, 4.69) is 26.1 Å². The Labute approximate surface area is 273 Å². The fraction of sp³-hybridized carbons (Fsp3) is 0.514. The van der Waals surface area contributed by atoms with Crippen LogP contribution in [0.5, 0.6) is 11.5 Å². The fourth-order valence-electron chi connectivity index (χ4n) is 6.38. The molecule has 250 valence electrons. The summed E-state index contributed by atoms with van der Waals surface area (Å²) < 4.78 is 28.1. The summed E-state index contributed by atoms with van der Waals surface area (Å²) in [6, 6.07) is 17.5. The molecule has 0 aliphatic carbocycles. The summed E-state index contributed by atoms with van der Waals surface area (Å²) in [4.78, 5) is 41.1. The van der Waals surface area contributed by atoms with E-state index in [1.807, 2.05) is 55.5 Å². The van der Waals surface area contributed by atoms with Gasteiger partial charge < -0.3 is 33.6 Å². The Morgan fingerprint density at radius 1 is 0.891 bits per heavy atom. The number of methoxy groups -OCH3 is 2. The van der Waals surface area contributed by atoms with Gasteiger partial charge in [0.15, 0.2) is 8.32 Å². The van der Waals surface area contributed by atoms with Crippen molar-refractivity contribution in [2.24, 2.45) is 5.92 Å². The number of nitrogens with zero attached hydrogens (tertiary/aromatic N) is 1. The Morgan fingerprint density at radius 2 is 1.43 bits per heavy atom. The number of carbonyl (C=O) groups is 3. The molecule has 1 fully saturated rings. The lowest BCUT2D eigenvalue weighted by Crippen LogP contribution is -2.63. The number of alkyl carbamates (subject to hydrolysis) is 1. The van der Waals surface area contributed by atoms with Gasteiger partial charge in [0, 0.05) is 6.54 Å². The minimum atomic E-state index is -1.92. The van der Waals surface area contributed by atoms with Crippen molar-refractivity contribution in [3.05, 3.63) is 70.9 Å². The zero-order valence-corrected chi connectivity index (χ0v) is 28.9. The van der Waals surface area contributed by atoms with Gasteiger partial charge in [0.1, 0.15) is 30.4 Å². The normalized spacial score (nSPS) is 18.0. The average molecular weight is 653 g/mol. The van der Waals surface area contributed by atoms with E-state index < -0.39 is 20.4 Å². The van der Waals surface area contributed by atoms with Crippen LogP contribution in [0.4, 0.5) is 4.79 Å². The molecule has 1 saturated heterocycles. The van der Waals surface area contributed by atoms with Gasteiger partial charge in [0.2, 0.25) is 5.91 Å². The second-order valence-electron chi connectivity index (χ2n) is 11.9. The maximum absolute atomic E-state index is 13.6. The van der Waals surface area contributed by atoms with Crippen molar-refractivity contribution in [1.29, 1.82) is 0 Å². The molecule has 10 nitrogen and oxygen atoms in total. The highest BCUT2D eigenvalue weighted by molar-refractivity contribution is 6.73. The first kappa shape index (κ1) is 35.0. The standard InChI is InChI=1S/C35H48N2O8Si/c1-7-46(8-2,9-3)45-24(4)31-30-21-27(11-10-20-36-35(40)44-23-26-14-18-29(42-6)19-15-26)32(37(30)33(31)38)34(39)43-22-25-12-16-28(41-5)17-13-25/h12-19,24,30-31H,7-11,20-23H2,1-6H3,(H,36,40)/t24-,30-,31-/m1/s1. The van der Waals surface area contributed by atoms with Crippen molar-refractivity contribution in [2.75, 3.05) is 20.8 Å². The van der Waals surface area contributed by atoms with Gasteiger partial charge in [-0.15, -0.1) is 0 Å². The van der Waals surface area contributed by atoms with E-state index in [0.717, 1.165) is 40.6 Å². The van der Waals surface area contributed by atoms with Crippen LogP contribution in [-0.4, -0.2) is 64.1 Å². The number of rotatable bonds is 17. The van der Waals surface area contributed by atoms with Crippen molar-refractivity contribution >= 4 is 26.3 Å². The van der Waals surface area contributed by atoms with Crippen molar-refractivity contribution in [3.63, 3.8) is 0 Å². The summed E-state index contributed by atoms with van der Waals surface area (Å²) in [5, 5.41) is 2.79. The van der Waals surface area contributed by atoms with Gasteiger partial charge >= 0.3 is 12.1 Å². The van der Waals surface area contributed by atoms with Crippen molar-refractivity contribution in [2.45, 2.75) is 90.4 Å². The van der Waals surface area contributed by atoms with Crippen molar-refractivity contribution in [1.82, 2.24) is 10.2 Å². The van der Waals surface area contributed by atoms with Gasteiger partial charge in [-0.05, 0) is 85.3 Å². The maximum atomic E-state index is 13.6. The Kier molecular flexibility index (Phi) is 12.3. The molecule has 2 aliphatic rings. The minimum absolute atomic E-state index is 0.0778. The van der Waals surface area contributed by atoms with Crippen LogP contribution in [0.15, 0.2) is 59.8 Å². The summed E-state index contributed by atoms with van der Waals surface area (Å²) >= 11 is 0. The average Bonchev–Trinajstić information content (AvgIpc) is 3.41. The van der Waals surface area contributed by atoms with Crippen LogP contribution in [-0.2, 0) is 36.7 Å². The minimum Gasteiger partial charge on any atom is -0.497 e. The molecule has 2 aliphatic heterocycles. The molecule has 0 bridgehead atoms. The molecule has 1 N–H and O–H groups in total. The number of hydrogen-bond donors (Lipinski definition) is 1. The molecule has 4 rings (SSSR count). The van der Waals surface area contributed by atoms with E-state index in [-0.39, 0.29) is 37.2 Å². The third kappa shape index (κ3) is 8.11. The summed E-state index contributed by atoms with van der Waals surface area (Å²) in [7, 11) is 1.27. The third-order valence-electron chi connectivity index (χ3n) is 9.35. The Balaban J connectivity index is 1.38. The maximum Gasteiger partial charge on any atom is 0.407 e. The number of hydrogen-bond acceptors (Lipinski definition) is 8. The molecule has 3 atom stereocenters. The predicted molar refractivity (Wildman–Crippen MR) is 177 cm³/mol. The van der Waals surface area contributed by atoms with E-state index in [9.17, 15) is 14.4 Å². The molecule has 0 spiro atoms. The number of nitrogens with one attached hydrogen (secondary N) is 1. The van der Waals surface area contributed by atoms with Gasteiger partial charge in [-0.25, -0.2) is 9.59 Å². The molecule has 11 heteroatoms. The Morgan fingerprint density at radius 3 is 1.96 bits per heavy atom. The van der Waals surface area contributed by atoms with E-state index in [0.29, 0.717) is 37.3 Å². The van der Waals surface area contributed by atoms with Crippen molar-refractivity contribution < 1.29 is 37.8 Å². The second kappa shape index (κ2) is 16.1. The van der Waals surface area contributed by atoms with E-state index in [1.54, 1.807) is 19.1 Å². The lowest BCUT2D eigenvalue weighted by molar-refractivity contribution is -0.162. The molecule has 0 radical (unpaired) electrons. The van der Waals surface area contributed by atoms with Crippen LogP contribution in [0, 0.1) is 5.92 Å². The molecule has 0 saturated carbocycles. The van der Waals surface area contributed by atoms with Gasteiger partial charge in [-0.3, -0.25) is 4.79 Å². The molecule has 46 heavy (non-hydrogen) atoms. The number of ether oxygens (including phenoxy) is 4. The number of benzene rings is 2. The Bertz CT molecular complexity index is 1370. The van der Waals surface area contributed by atoms with Crippen molar-refractivity contribution in [3.8, 4) is 11.5 Å². The lowest BCUT2D eigenvalue weighted by atomic mass is 9.82. The smallest absolute Gasteiger partial charge is 0.407 e. The van der Waals surface area contributed by atoms with Crippen LogP contribution in [0.2, 0.25) is 18.1 Å². The molecular weight excluding hydrogens is 604 g/mol. The van der Waals surface area contributed by atoms with Crippen LogP contribution in [0.1, 0.15) is 58.1 Å². The fourth-order valence-corrected chi connectivity index (χ4v) is 9.31. The van der Waals surface area contributed by atoms with Gasteiger partial charge in [0.25, 0.3) is 0 Å². The first-order valence-corrected chi connectivity index (χ1v) is 18.8. The molecule has 0 unspecified atom stereocenters. The Hall–Kier alpha value is -3.83. The van der Waals surface area contributed by atoms with Gasteiger partial charge in [0.05, 0.1) is 32.3 Å². The summed E-state index contributed by atoms with van der Waals surface area (Å²) in [6.07, 6.45) is 0.948. The molecule has 2 amide bonds. The predicted octanol–water partition coefficient (Wildman–Crippen LogP) is 6.35. The van der Waals surface area contributed by atoms with E-state index in [4.69, 9.17) is 23.4 Å².